The number of nitro groups is 1. The monoisotopic (exact) mass is 440 g/mol. The third-order valence-electron chi connectivity index (χ3n) is 4.53. The number of amides is 1. The number of carbonyl (C=O) groups excluding carboxylic acids is 2. The number of nitrogens with one attached hydrogen (secondary N) is 1. The lowest BCUT2D eigenvalue weighted by Crippen LogP contribution is -2.20. The summed E-state index contributed by atoms with van der Waals surface area (Å²) in [6.45, 7) is 0. The zero-order valence-electron chi connectivity index (χ0n) is 17.0. The molecule has 0 aliphatic carbocycles. The van der Waals surface area contributed by atoms with E-state index in [1.165, 1.54) is 18.2 Å². The van der Waals surface area contributed by atoms with Gasteiger partial charge in [-0.15, -0.1) is 5.10 Å². The van der Waals surface area contributed by atoms with Crippen LogP contribution in [-0.4, -0.2) is 37.6 Å². The van der Waals surface area contributed by atoms with Crippen molar-refractivity contribution in [3.8, 4) is 17.1 Å². The molecule has 3 aromatic carbocycles. The molecular weight excluding hydrogens is 424 g/mol. The third-order valence-corrected chi connectivity index (χ3v) is 4.53. The highest BCUT2D eigenvalue weighted by Gasteiger charge is 2.18. The molecule has 33 heavy (non-hydrogen) atoms. The van der Waals surface area contributed by atoms with Crippen molar-refractivity contribution in [3.05, 3.63) is 106 Å². The Morgan fingerprint density at radius 1 is 0.970 bits per heavy atom. The summed E-state index contributed by atoms with van der Waals surface area (Å²) in [5.41, 5.74) is 3.54. The molecule has 0 spiro atoms. The maximum absolute atomic E-state index is 12.6. The lowest BCUT2D eigenvalue weighted by Gasteiger charge is -2.05. The van der Waals surface area contributed by atoms with Crippen LogP contribution in [0.25, 0.3) is 17.1 Å². The van der Waals surface area contributed by atoms with Gasteiger partial charge in [0.2, 0.25) is 11.6 Å². The van der Waals surface area contributed by atoms with E-state index in [0.717, 1.165) is 17.8 Å². The number of benzene rings is 3. The molecule has 1 amide bonds. The highest BCUT2D eigenvalue weighted by molar-refractivity contribution is 6.35. The van der Waals surface area contributed by atoms with Gasteiger partial charge in [0.05, 0.1) is 16.8 Å². The third kappa shape index (κ3) is 4.85. The first-order valence-electron chi connectivity index (χ1n) is 9.73. The smallest absolute Gasteiger partial charge is 0.287 e. The minimum Gasteiger partial charge on any atom is -0.287 e. The van der Waals surface area contributed by atoms with Crippen LogP contribution < -0.4 is 5.43 Å². The van der Waals surface area contributed by atoms with E-state index in [4.69, 9.17) is 0 Å². The van der Waals surface area contributed by atoms with E-state index >= 15 is 0 Å². The van der Waals surface area contributed by atoms with Crippen molar-refractivity contribution in [1.29, 1.82) is 0 Å². The van der Waals surface area contributed by atoms with E-state index in [-0.39, 0.29) is 17.1 Å². The Morgan fingerprint density at radius 2 is 1.67 bits per heavy atom. The van der Waals surface area contributed by atoms with Gasteiger partial charge in [-0.3, -0.25) is 19.7 Å². The number of rotatable bonds is 7. The van der Waals surface area contributed by atoms with E-state index in [2.05, 4.69) is 20.6 Å². The number of nitro benzene ring substituents is 1. The molecule has 4 aromatic rings. The van der Waals surface area contributed by atoms with Gasteiger partial charge in [-0.2, -0.15) is 5.10 Å². The summed E-state index contributed by atoms with van der Waals surface area (Å²) in [6.07, 6.45) is 0.864. The Labute approximate surface area is 187 Å². The number of para-hydroxylation sites is 1. The molecule has 1 heterocycles. The lowest BCUT2D eigenvalue weighted by molar-refractivity contribution is -0.384. The largest absolute Gasteiger partial charge is 0.311 e. The molecule has 1 N–H and O–H groups in total. The molecule has 0 aliphatic rings. The number of ketones is 1. The number of non-ortho nitro benzene ring substituents is 1. The van der Waals surface area contributed by atoms with Crippen molar-refractivity contribution in [2.45, 2.75) is 0 Å². The van der Waals surface area contributed by atoms with Crippen LogP contribution in [0.15, 0.2) is 90.0 Å². The predicted octanol–water partition coefficient (Wildman–Crippen LogP) is 3.44. The van der Waals surface area contributed by atoms with Crippen molar-refractivity contribution >= 4 is 23.6 Å². The molecule has 0 bridgehead atoms. The Bertz CT molecular complexity index is 1290. The van der Waals surface area contributed by atoms with E-state index in [1.807, 2.05) is 60.7 Å². The first-order valence-corrected chi connectivity index (χ1v) is 9.73. The molecule has 0 aliphatic heterocycles. The van der Waals surface area contributed by atoms with Gasteiger partial charge < -0.3 is 0 Å². The summed E-state index contributed by atoms with van der Waals surface area (Å²) >= 11 is 0. The zero-order chi connectivity index (χ0) is 23.2. The van der Waals surface area contributed by atoms with E-state index in [1.54, 1.807) is 4.68 Å². The number of nitrogens with zero attached hydrogens (tertiary/aromatic N) is 5. The van der Waals surface area contributed by atoms with Gasteiger partial charge >= 0.3 is 5.91 Å². The fraction of sp³-hybridized carbons (Fsp3) is 0. The minimum atomic E-state index is -0.718. The maximum atomic E-state index is 12.6. The van der Waals surface area contributed by atoms with Gasteiger partial charge in [0.15, 0.2) is 5.82 Å². The standard InChI is InChI=1S/C23H16N6O4/c30-20(17-10-7-13-19(14-17)29(32)33)15-24-26-23(31)21-25-22(16-8-3-1-4-9-16)28(27-21)18-11-5-2-6-12-18/h1-15H,(H,26,31). The van der Waals surface area contributed by atoms with Crippen molar-refractivity contribution < 1.29 is 14.5 Å². The Morgan fingerprint density at radius 3 is 2.36 bits per heavy atom. The van der Waals surface area contributed by atoms with Gasteiger partial charge in [-0.05, 0) is 12.1 Å². The number of hydrazone groups is 1. The average molecular weight is 440 g/mol. The maximum Gasteiger partial charge on any atom is 0.311 e. The van der Waals surface area contributed by atoms with Crippen LogP contribution >= 0.6 is 0 Å². The van der Waals surface area contributed by atoms with Gasteiger partial charge in [0, 0.05) is 23.3 Å². The molecule has 0 saturated carbocycles. The van der Waals surface area contributed by atoms with Crippen LogP contribution in [0.4, 0.5) is 5.69 Å². The Balaban J connectivity index is 1.55. The van der Waals surface area contributed by atoms with E-state index in [0.29, 0.717) is 11.5 Å². The molecular formula is C23H16N6O4. The van der Waals surface area contributed by atoms with Crippen molar-refractivity contribution in [2.24, 2.45) is 5.10 Å². The van der Waals surface area contributed by atoms with E-state index < -0.39 is 16.6 Å². The molecule has 0 fully saturated rings. The average Bonchev–Trinajstić information content (AvgIpc) is 3.31. The highest BCUT2D eigenvalue weighted by atomic mass is 16.6. The first kappa shape index (κ1) is 21.2. The lowest BCUT2D eigenvalue weighted by atomic mass is 10.1. The van der Waals surface area contributed by atoms with Crippen LogP contribution in [0.2, 0.25) is 0 Å². The molecule has 10 heteroatoms. The second-order valence-corrected chi connectivity index (χ2v) is 6.74. The topological polar surface area (TPSA) is 132 Å². The predicted molar refractivity (Wildman–Crippen MR) is 120 cm³/mol. The van der Waals surface area contributed by atoms with E-state index in [9.17, 15) is 19.7 Å². The normalized spacial score (nSPS) is 10.8. The Kier molecular flexibility index (Phi) is 6.08. The summed E-state index contributed by atoms with van der Waals surface area (Å²) in [7, 11) is 0. The van der Waals surface area contributed by atoms with Crippen LogP contribution in [0.1, 0.15) is 21.0 Å². The SMILES string of the molecule is O=C(C=NNC(=O)c1nc(-c2ccccc2)n(-c2ccccc2)n1)c1cccc([N+](=O)[O-])c1. The van der Waals surface area contributed by atoms with Gasteiger partial charge in [-0.25, -0.2) is 15.1 Å². The minimum absolute atomic E-state index is 0.0695. The quantitative estimate of drug-likeness (QED) is 0.203. The van der Waals surface area contributed by atoms with Crippen molar-refractivity contribution in [1.82, 2.24) is 20.2 Å². The molecule has 10 nitrogen and oxygen atoms in total. The molecule has 0 saturated heterocycles. The zero-order valence-corrected chi connectivity index (χ0v) is 17.0. The molecule has 0 atom stereocenters. The number of Topliss-reactive ketones (excluding diaryl/α,β-unsaturated/α-hetero) is 1. The van der Waals surface area contributed by atoms with Gasteiger partial charge in [0.1, 0.15) is 0 Å². The molecule has 0 unspecified atom stereocenters. The van der Waals surface area contributed by atoms with Crippen LogP contribution in [0.5, 0.6) is 0 Å². The summed E-state index contributed by atoms with van der Waals surface area (Å²) in [4.78, 5) is 39.4. The highest BCUT2D eigenvalue weighted by Crippen LogP contribution is 2.21. The molecule has 162 valence electrons. The van der Waals surface area contributed by atoms with Crippen LogP contribution in [0.3, 0.4) is 0 Å². The van der Waals surface area contributed by atoms with Crippen LogP contribution in [-0.2, 0) is 0 Å². The van der Waals surface area contributed by atoms with Crippen molar-refractivity contribution in [3.63, 3.8) is 0 Å². The summed E-state index contributed by atoms with van der Waals surface area (Å²) in [6, 6.07) is 23.7. The number of hydrogen-bond acceptors (Lipinski definition) is 7. The second-order valence-electron chi connectivity index (χ2n) is 6.74. The Hall–Kier alpha value is -4.99. The summed E-state index contributed by atoms with van der Waals surface area (Å²) < 4.78 is 1.54. The molecule has 1 aromatic heterocycles. The first-order chi connectivity index (χ1) is 16.0. The molecule has 0 radical (unpaired) electrons. The number of carbonyl (C=O) groups is 2. The van der Waals surface area contributed by atoms with Gasteiger partial charge in [0.25, 0.3) is 5.69 Å². The fourth-order valence-electron chi connectivity index (χ4n) is 2.98. The fourth-order valence-corrected chi connectivity index (χ4v) is 2.98. The van der Waals surface area contributed by atoms with Crippen molar-refractivity contribution in [2.75, 3.05) is 0 Å². The molecule has 4 rings (SSSR count). The number of aromatic nitrogens is 3. The summed E-state index contributed by atoms with van der Waals surface area (Å²) in [5, 5.41) is 18.8. The van der Waals surface area contributed by atoms with Crippen LogP contribution in [0, 0.1) is 10.1 Å². The summed E-state index contributed by atoms with van der Waals surface area (Å²) in [5.74, 6) is -1.00. The second kappa shape index (κ2) is 9.43. The number of hydrogen-bond donors (Lipinski definition) is 1. The van der Waals surface area contributed by atoms with Gasteiger partial charge in [-0.1, -0.05) is 60.7 Å².